The summed E-state index contributed by atoms with van der Waals surface area (Å²) in [6.07, 6.45) is 3.47. The molecule has 1 aliphatic carbocycles. The van der Waals surface area contributed by atoms with Gasteiger partial charge in [0.05, 0.1) is 39.1 Å². The molecule has 9 heteroatoms. The van der Waals surface area contributed by atoms with Crippen molar-refractivity contribution in [3.63, 3.8) is 0 Å². The minimum absolute atomic E-state index is 0.279. The number of fused-ring (bicyclic) bond motifs is 1. The lowest BCUT2D eigenvalue weighted by atomic mass is 10.0. The SMILES string of the molecule is CC(C)(O)C(F)CNC(=O)c1cnc(Nc2ccc3ncsc3c2)cc1NCCC1CC1. The van der Waals surface area contributed by atoms with Crippen LogP contribution >= 0.6 is 11.3 Å². The van der Waals surface area contributed by atoms with Crippen LogP contribution in [0.2, 0.25) is 0 Å². The molecule has 7 nitrogen and oxygen atoms in total. The normalized spacial score (nSPS) is 14.9. The van der Waals surface area contributed by atoms with Crippen molar-refractivity contribution < 1.29 is 14.3 Å². The van der Waals surface area contributed by atoms with Crippen LogP contribution in [0, 0.1) is 5.92 Å². The monoisotopic (exact) mass is 457 g/mol. The second-order valence-corrected chi connectivity index (χ2v) is 9.65. The van der Waals surface area contributed by atoms with Crippen molar-refractivity contribution in [2.45, 2.75) is 44.9 Å². The lowest BCUT2D eigenvalue weighted by Crippen LogP contribution is -2.42. The van der Waals surface area contributed by atoms with E-state index in [-0.39, 0.29) is 6.54 Å². The van der Waals surface area contributed by atoms with Crippen molar-refractivity contribution in [3.05, 3.63) is 41.5 Å². The van der Waals surface area contributed by atoms with E-state index in [4.69, 9.17) is 0 Å². The van der Waals surface area contributed by atoms with Crippen LogP contribution in [-0.2, 0) is 0 Å². The molecule has 3 aromatic rings. The van der Waals surface area contributed by atoms with E-state index in [1.54, 1.807) is 17.4 Å². The third-order valence-electron chi connectivity index (χ3n) is 5.53. The molecule has 0 radical (unpaired) electrons. The van der Waals surface area contributed by atoms with E-state index in [1.165, 1.54) is 32.9 Å². The zero-order valence-corrected chi connectivity index (χ0v) is 19.0. The highest BCUT2D eigenvalue weighted by atomic mass is 32.1. The number of aliphatic hydroxyl groups is 1. The van der Waals surface area contributed by atoms with Crippen molar-refractivity contribution in [1.82, 2.24) is 15.3 Å². The Kier molecular flexibility index (Phi) is 6.57. The van der Waals surface area contributed by atoms with Gasteiger partial charge in [-0.25, -0.2) is 14.4 Å². The standard InChI is InChI=1S/C23H28FN5O2S/c1-23(2,31)20(24)12-27-22(30)16-11-26-21(10-18(16)25-8-7-14-3-4-14)29-15-5-6-17-19(9-15)32-13-28-17/h5-6,9-11,13-14,20,31H,3-4,7-8,12H2,1-2H3,(H,27,30)(H2,25,26,29). The van der Waals surface area contributed by atoms with Crippen LogP contribution in [0.25, 0.3) is 10.2 Å². The van der Waals surface area contributed by atoms with Crippen LogP contribution in [0.4, 0.5) is 21.6 Å². The Labute approximate surface area is 190 Å². The first kappa shape index (κ1) is 22.4. The number of aromatic nitrogens is 2. The van der Waals surface area contributed by atoms with Gasteiger partial charge in [-0.05, 0) is 44.4 Å². The minimum Gasteiger partial charge on any atom is -0.387 e. The summed E-state index contributed by atoms with van der Waals surface area (Å²) in [5.41, 5.74) is 3.08. The summed E-state index contributed by atoms with van der Waals surface area (Å²) in [4.78, 5) is 21.4. The highest BCUT2D eigenvalue weighted by Gasteiger charge is 2.27. The smallest absolute Gasteiger partial charge is 0.255 e. The van der Waals surface area contributed by atoms with E-state index >= 15 is 0 Å². The predicted molar refractivity (Wildman–Crippen MR) is 126 cm³/mol. The van der Waals surface area contributed by atoms with E-state index in [0.717, 1.165) is 34.8 Å². The lowest BCUT2D eigenvalue weighted by Gasteiger charge is -2.22. The fourth-order valence-corrected chi connectivity index (χ4v) is 3.99. The zero-order valence-electron chi connectivity index (χ0n) is 18.2. The van der Waals surface area contributed by atoms with Gasteiger partial charge in [0.1, 0.15) is 12.0 Å². The summed E-state index contributed by atoms with van der Waals surface area (Å²) in [6, 6.07) is 7.68. The molecule has 1 fully saturated rings. The summed E-state index contributed by atoms with van der Waals surface area (Å²) < 4.78 is 15.1. The average Bonchev–Trinajstić information content (AvgIpc) is 3.45. The van der Waals surface area contributed by atoms with Gasteiger partial charge in [0.25, 0.3) is 5.91 Å². The number of nitrogens with zero attached hydrogens (tertiary/aromatic N) is 2. The van der Waals surface area contributed by atoms with Gasteiger partial charge in [-0.1, -0.05) is 12.8 Å². The molecule has 2 heterocycles. The summed E-state index contributed by atoms with van der Waals surface area (Å²) in [7, 11) is 0. The van der Waals surface area contributed by atoms with Crippen LogP contribution in [0.1, 0.15) is 43.5 Å². The maximum atomic E-state index is 14.1. The molecule has 2 aromatic heterocycles. The molecule has 32 heavy (non-hydrogen) atoms. The molecule has 4 rings (SSSR count). The Bertz CT molecular complexity index is 1090. The molecule has 1 amide bonds. The number of rotatable bonds is 10. The van der Waals surface area contributed by atoms with Gasteiger partial charge in [0.2, 0.25) is 0 Å². The number of thiazole rings is 1. The largest absolute Gasteiger partial charge is 0.387 e. The van der Waals surface area contributed by atoms with E-state index in [2.05, 4.69) is 25.9 Å². The number of carbonyl (C=O) groups excluding carboxylic acids is 1. The van der Waals surface area contributed by atoms with Crippen LogP contribution in [-0.4, -0.2) is 45.8 Å². The van der Waals surface area contributed by atoms with Crippen LogP contribution in [0.15, 0.2) is 36.0 Å². The minimum atomic E-state index is -1.58. The van der Waals surface area contributed by atoms with Gasteiger partial charge in [-0.2, -0.15) is 0 Å². The molecule has 0 aliphatic heterocycles. The number of pyridine rings is 1. The third-order valence-corrected chi connectivity index (χ3v) is 6.32. The summed E-state index contributed by atoms with van der Waals surface area (Å²) in [5.74, 6) is 0.916. The molecular formula is C23H28FN5O2S. The number of alkyl halides is 1. The summed E-state index contributed by atoms with van der Waals surface area (Å²) in [6.45, 7) is 3.22. The van der Waals surface area contributed by atoms with Crippen LogP contribution in [0.5, 0.6) is 0 Å². The number of amides is 1. The molecule has 1 aromatic carbocycles. The maximum absolute atomic E-state index is 14.1. The second-order valence-electron chi connectivity index (χ2n) is 8.77. The zero-order chi connectivity index (χ0) is 22.7. The first-order valence-electron chi connectivity index (χ1n) is 10.8. The summed E-state index contributed by atoms with van der Waals surface area (Å²) in [5, 5.41) is 18.9. The molecular weight excluding hydrogens is 429 g/mol. The average molecular weight is 458 g/mol. The van der Waals surface area contributed by atoms with E-state index < -0.39 is 17.7 Å². The first-order valence-corrected chi connectivity index (χ1v) is 11.7. The van der Waals surface area contributed by atoms with Crippen LogP contribution in [0.3, 0.4) is 0 Å². The fourth-order valence-electron chi connectivity index (χ4n) is 3.28. The van der Waals surface area contributed by atoms with Gasteiger partial charge < -0.3 is 21.1 Å². The number of hydrogen-bond acceptors (Lipinski definition) is 7. The topological polar surface area (TPSA) is 99.2 Å². The Morgan fingerprint density at radius 2 is 2.12 bits per heavy atom. The number of halogens is 1. The summed E-state index contributed by atoms with van der Waals surface area (Å²) >= 11 is 1.57. The molecule has 0 bridgehead atoms. The van der Waals surface area contributed by atoms with E-state index in [9.17, 15) is 14.3 Å². The number of carbonyl (C=O) groups is 1. The molecule has 1 unspecified atom stereocenters. The first-order chi connectivity index (χ1) is 15.3. The number of anilines is 3. The van der Waals surface area contributed by atoms with E-state index in [1.807, 2.05) is 23.7 Å². The Balaban J connectivity index is 1.49. The van der Waals surface area contributed by atoms with Crippen LogP contribution < -0.4 is 16.0 Å². The van der Waals surface area contributed by atoms with E-state index in [0.29, 0.717) is 17.1 Å². The Morgan fingerprint density at radius 1 is 1.31 bits per heavy atom. The Morgan fingerprint density at radius 3 is 2.88 bits per heavy atom. The molecule has 4 N–H and O–H groups in total. The molecule has 1 atom stereocenters. The number of hydrogen-bond donors (Lipinski definition) is 4. The highest BCUT2D eigenvalue weighted by Crippen LogP contribution is 2.32. The van der Waals surface area contributed by atoms with Crippen molar-refractivity contribution in [3.8, 4) is 0 Å². The quantitative estimate of drug-likeness (QED) is 0.358. The van der Waals surface area contributed by atoms with Crippen molar-refractivity contribution in [2.75, 3.05) is 23.7 Å². The van der Waals surface area contributed by atoms with Crippen molar-refractivity contribution in [1.29, 1.82) is 0 Å². The molecule has 1 saturated carbocycles. The fraction of sp³-hybridized carbons (Fsp3) is 0.435. The van der Waals surface area contributed by atoms with Gasteiger partial charge >= 0.3 is 0 Å². The lowest BCUT2D eigenvalue weighted by molar-refractivity contribution is -0.00177. The number of nitrogens with one attached hydrogen (secondary N) is 3. The van der Waals surface area contributed by atoms with Gasteiger partial charge in [-0.15, -0.1) is 11.3 Å². The van der Waals surface area contributed by atoms with Crippen molar-refractivity contribution >= 4 is 44.7 Å². The number of benzene rings is 1. The van der Waals surface area contributed by atoms with Gasteiger partial charge in [0, 0.05) is 24.5 Å². The Hall–Kier alpha value is -2.78. The van der Waals surface area contributed by atoms with Gasteiger partial charge in [-0.3, -0.25) is 4.79 Å². The maximum Gasteiger partial charge on any atom is 0.255 e. The third kappa shape index (κ3) is 5.72. The van der Waals surface area contributed by atoms with Gasteiger partial charge in [0.15, 0.2) is 0 Å². The molecule has 1 aliphatic rings. The predicted octanol–water partition coefficient (Wildman–Crippen LogP) is 4.49. The molecule has 0 saturated heterocycles. The molecule has 0 spiro atoms. The second kappa shape index (κ2) is 9.38. The highest BCUT2D eigenvalue weighted by molar-refractivity contribution is 7.16. The van der Waals surface area contributed by atoms with Crippen molar-refractivity contribution in [2.24, 2.45) is 5.92 Å². The molecule has 170 valence electrons.